The Balaban J connectivity index is 2.99. The quantitative estimate of drug-likeness (QED) is 0.258. The molecule has 0 radical (unpaired) electrons. The summed E-state index contributed by atoms with van der Waals surface area (Å²) >= 11 is 0. The lowest BCUT2D eigenvalue weighted by Crippen LogP contribution is -2.57. The number of Topliss-reactive ketones (excluding diaryl/α,β-unsaturated/α-hetero) is 1. The van der Waals surface area contributed by atoms with Crippen LogP contribution in [0.4, 0.5) is 0 Å². The largest absolute Gasteiger partial charge is 0.346 e. The molecule has 0 bridgehead atoms. The third-order valence-corrected chi connectivity index (χ3v) is 5.40. The topological polar surface area (TPSA) is 122 Å². The lowest BCUT2D eigenvalue weighted by Gasteiger charge is -2.32. The predicted molar refractivity (Wildman–Crippen MR) is 121 cm³/mol. The average Bonchev–Trinajstić information content (AvgIpc) is 3.10. The van der Waals surface area contributed by atoms with Crippen LogP contribution in [-0.4, -0.2) is 59.6 Å². The molecule has 3 amide bonds. The Morgan fingerprint density at radius 1 is 1.26 bits per heavy atom. The van der Waals surface area contributed by atoms with Crippen LogP contribution < -0.4 is 16.4 Å². The van der Waals surface area contributed by atoms with Crippen LogP contribution in [0, 0.1) is 5.41 Å². The van der Waals surface area contributed by atoms with E-state index in [9.17, 15) is 19.2 Å². The average molecular weight is 435 g/mol. The molecule has 1 aliphatic rings. The number of carbonyl (C=O) groups is 4. The van der Waals surface area contributed by atoms with E-state index in [0.29, 0.717) is 19.3 Å². The van der Waals surface area contributed by atoms with Gasteiger partial charge in [-0.1, -0.05) is 65.2 Å². The van der Waals surface area contributed by atoms with Crippen molar-refractivity contribution in [1.29, 1.82) is 0 Å². The highest BCUT2D eigenvalue weighted by Gasteiger charge is 2.41. The molecule has 0 aliphatic carbocycles. The van der Waals surface area contributed by atoms with E-state index in [2.05, 4.69) is 23.8 Å². The zero-order chi connectivity index (χ0) is 23.8. The number of nitrogens with one attached hydrogen (secondary N) is 2. The third-order valence-electron chi connectivity index (χ3n) is 5.40. The highest BCUT2D eigenvalue weighted by atomic mass is 16.2. The molecule has 1 heterocycles. The van der Waals surface area contributed by atoms with Gasteiger partial charge in [-0.2, -0.15) is 0 Å². The lowest BCUT2D eigenvalue weighted by molar-refractivity contribution is -0.143. The van der Waals surface area contributed by atoms with Crippen molar-refractivity contribution in [3.63, 3.8) is 0 Å². The summed E-state index contributed by atoms with van der Waals surface area (Å²) in [5.74, 6) is -2.27. The lowest BCUT2D eigenvalue weighted by atomic mass is 9.86. The monoisotopic (exact) mass is 434 g/mol. The second-order valence-corrected chi connectivity index (χ2v) is 9.20. The second-order valence-electron chi connectivity index (χ2n) is 9.20. The molecule has 4 N–H and O–H groups in total. The molecule has 1 aliphatic heterocycles. The molecule has 8 nitrogen and oxygen atoms in total. The van der Waals surface area contributed by atoms with E-state index in [1.807, 2.05) is 27.7 Å². The number of rotatable bonds is 11. The van der Waals surface area contributed by atoms with Crippen LogP contribution >= 0.6 is 0 Å². The molecule has 1 rings (SSSR count). The molecule has 31 heavy (non-hydrogen) atoms. The van der Waals surface area contributed by atoms with Crippen molar-refractivity contribution < 1.29 is 19.2 Å². The standard InChI is InChI=1S/C23H38N4O4/c1-7-9-10-11-16(18(28)21(30)25-12-8-2)26-20(29)17-13-15(3)14-27(17)22(31)19(24)23(4,5)6/h8,16-17,19H,2-3,7,9-14,24H2,1,4-6H3,(H,25,30)(H,26,29)/t16?,17-,19+/m0/s1. The van der Waals surface area contributed by atoms with Gasteiger partial charge in [-0.15, -0.1) is 6.58 Å². The number of ketones is 1. The molecule has 0 saturated carbocycles. The van der Waals surface area contributed by atoms with E-state index in [1.165, 1.54) is 11.0 Å². The minimum Gasteiger partial charge on any atom is -0.346 e. The van der Waals surface area contributed by atoms with Gasteiger partial charge in [0, 0.05) is 13.1 Å². The number of hydrogen-bond acceptors (Lipinski definition) is 5. The van der Waals surface area contributed by atoms with Crippen LogP contribution in [0.5, 0.6) is 0 Å². The van der Waals surface area contributed by atoms with E-state index in [1.54, 1.807) is 0 Å². The van der Waals surface area contributed by atoms with Crippen LogP contribution in [0.2, 0.25) is 0 Å². The van der Waals surface area contributed by atoms with Crippen LogP contribution in [0.1, 0.15) is 59.8 Å². The molecular formula is C23H38N4O4. The van der Waals surface area contributed by atoms with Crippen molar-refractivity contribution in [2.75, 3.05) is 13.1 Å². The third kappa shape index (κ3) is 7.61. The fourth-order valence-electron chi connectivity index (χ4n) is 3.36. The molecule has 1 saturated heterocycles. The summed E-state index contributed by atoms with van der Waals surface area (Å²) in [5, 5.41) is 5.17. The maximum atomic E-state index is 13.1. The molecule has 0 aromatic rings. The van der Waals surface area contributed by atoms with Gasteiger partial charge >= 0.3 is 0 Å². The minimum absolute atomic E-state index is 0.162. The summed E-state index contributed by atoms with van der Waals surface area (Å²) in [6.45, 7) is 15.4. The van der Waals surface area contributed by atoms with Crippen molar-refractivity contribution >= 4 is 23.5 Å². The highest BCUT2D eigenvalue weighted by molar-refractivity contribution is 6.38. The SMILES string of the molecule is C=CCNC(=O)C(=O)C(CCCCC)NC(=O)[C@@H]1CC(=C)CN1C(=O)[C@@H](N)C(C)(C)C. The minimum atomic E-state index is -0.953. The van der Waals surface area contributed by atoms with E-state index in [4.69, 9.17) is 5.73 Å². The van der Waals surface area contributed by atoms with E-state index in [-0.39, 0.29) is 19.0 Å². The number of amides is 3. The van der Waals surface area contributed by atoms with Gasteiger partial charge in [-0.25, -0.2) is 0 Å². The van der Waals surface area contributed by atoms with Gasteiger partial charge in [0.1, 0.15) is 6.04 Å². The molecule has 1 unspecified atom stereocenters. The summed E-state index contributed by atoms with van der Waals surface area (Å²) in [7, 11) is 0. The number of nitrogens with zero attached hydrogens (tertiary/aromatic N) is 1. The summed E-state index contributed by atoms with van der Waals surface area (Å²) < 4.78 is 0. The molecule has 1 fully saturated rings. The number of nitrogens with two attached hydrogens (primary N) is 1. The first-order valence-corrected chi connectivity index (χ1v) is 10.9. The fraction of sp³-hybridized carbons (Fsp3) is 0.652. The maximum Gasteiger partial charge on any atom is 0.289 e. The van der Waals surface area contributed by atoms with Gasteiger partial charge in [0.05, 0.1) is 12.1 Å². The molecule has 0 aromatic heterocycles. The zero-order valence-corrected chi connectivity index (χ0v) is 19.3. The van der Waals surface area contributed by atoms with Crippen LogP contribution in [0.3, 0.4) is 0 Å². The van der Waals surface area contributed by atoms with Gasteiger partial charge < -0.3 is 21.3 Å². The Hall–Kier alpha value is -2.48. The second kappa shape index (κ2) is 11.8. The Labute approximate surface area is 185 Å². The number of unbranched alkanes of at least 4 members (excludes halogenated alkanes) is 2. The van der Waals surface area contributed by atoms with Crippen molar-refractivity contribution in [3.8, 4) is 0 Å². The van der Waals surface area contributed by atoms with Crippen LogP contribution in [0.15, 0.2) is 24.8 Å². The summed E-state index contributed by atoms with van der Waals surface area (Å²) in [5.41, 5.74) is 6.41. The smallest absolute Gasteiger partial charge is 0.289 e. The zero-order valence-electron chi connectivity index (χ0n) is 19.3. The fourth-order valence-corrected chi connectivity index (χ4v) is 3.36. The van der Waals surface area contributed by atoms with Crippen molar-refractivity contribution in [1.82, 2.24) is 15.5 Å². The first kappa shape index (κ1) is 26.6. The Bertz CT molecular complexity index is 711. The van der Waals surface area contributed by atoms with Gasteiger partial charge in [-0.05, 0) is 18.3 Å². The molecular weight excluding hydrogens is 396 g/mol. The van der Waals surface area contributed by atoms with Crippen molar-refractivity contribution in [2.24, 2.45) is 11.1 Å². The summed E-state index contributed by atoms with van der Waals surface area (Å²) in [4.78, 5) is 52.2. The van der Waals surface area contributed by atoms with Crippen molar-refractivity contribution in [3.05, 3.63) is 24.8 Å². The Morgan fingerprint density at radius 3 is 2.45 bits per heavy atom. The van der Waals surface area contributed by atoms with Gasteiger partial charge in [-0.3, -0.25) is 19.2 Å². The van der Waals surface area contributed by atoms with E-state index < -0.39 is 41.1 Å². The van der Waals surface area contributed by atoms with Crippen LogP contribution in [-0.2, 0) is 19.2 Å². The van der Waals surface area contributed by atoms with E-state index in [0.717, 1.165) is 18.4 Å². The molecule has 8 heteroatoms. The first-order valence-electron chi connectivity index (χ1n) is 10.9. The maximum absolute atomic E-state index is 13.1. The number of likely N-dealkylation sites (tertiary alicyclic amines) is 1. The predicted octanol–water partition coefficient (Wildman–Crippen LogP) is 1.45. The Morgan fingerprint density at radius 2 is 1.90 bits per heavy atom. The van der Waals surface area contributed by atoms with E-state index >= 15 is 0 Å². The summed E-state index contributed by atoms with van der Waals surface area (Å²) in [6.07, 6.45) is 4.63. The number of carbonyl (C=O) groups excluding carboxylic acids is 4. The van der Waals surface area contributed by atoms with Crippen LogP contribution in [0.25, 0.3) is 0 Å². The summed E-state index contributed by atoms with van der Waals surface area (Å²) in [6, 6.07) is -2.53. The Kier molecular flexibility index (Phi) is 10.1. The van der Waals surface area contributed by atoms with Gasteiger partial charge in [0.2, 0.25) is 17.6 Å². The normalized spacial score (nSPS) is 18.3. The first-order chi connectivity index (χ1) is 14.4. The molecule has 174 valence electrons. The van der Waals surface area contributed by atoms with Gasteiger partial charge in [0.15, 0.2) is 0 Å². The molecule has 0 aromatic carbocycles. The van der Waals surface area contributed by atoms with Gasteiger partial charge in [0.25, 0.3) is 5.91 Å². The highest BCUT2D eigenvalue weighted by Crippen LogP contribution is 2.26. The van der Waals surface area contributed by atoms with Crippen molar-refractivity contribution in [2.45, 2.75) is 77.9 Å². The molecule has 0 spiro atoms. The number of hydrogen-bond donors (Lipinski definition) is 3. The molecule has 3 atom stereocenters.